The average molecular weight is 412 g/mol. The number of anilines is 3. The van der Waals surface area contributed by atoms with Crippen molar-refractivity contribution in [2.24, 2.45) is 0 Å². The number of nitrogens with one attached hydrogen (secondary N) is 2. The van der Waals surface area contributed by atoms with Gasteiger partial charge in [0.05, 0.1) is 36.8 Å². The van der Waals surface area contributed by atoms with E-state index in [4.69, 9.17) is 14.2 Å². The molecule has 3 rings (SSSR count). The molecule has 3 heterocycles. The van der Waals surface area contributed by atoms with E-state index in [9.17, 15) is 10.1 Å². The number of urea groups is 1. The van der Waals surface area contributed by atoms with Crippen molar-refractivity contribution in [3.8, 4) is 6.07 Å². The number of carbonyl (C=O) groups is 1. The fourth-order valence-electron chi connectivity index (χ4n) is 2.76. The average Bonchev–Trinajstić information content (AvgIpc) is 2.79. The third kappa shape index (κ3) is 5.42. The SMILES string of the molecule is COCCNc1cc(NC(=O)N(C)c2cccc(C3OCCCO3)n2)ncc1C#N. The van der Waals surface area contributed by atoms with Crippen molar-refractivity contribution in [3.63, 3.8) is 0 Å². The molecule has 0 aliphatic carbocycles. The van der Waals surface area contributed by atoms with Gasteiger partial charge in [-0.25, -0.2) is 14.8 Å². The van der Waals surface area contributed by atoms with Crippen molar-refractivity contribution in [1.29, 1.82) is 5.26 Å². The van der Waals surface area contributed by atoms with Crippen LogP contribution in [0.25, 0.3) is 0 Å². The topological polar surface area (TPSA) is 122 Å². The summed E-state index contributed by atoms with van der Waals surface area (Å²) in [6.07, 6.45) is 1.72. The highest BCUT2D eigenvalue weighted by Crippen LogP contribution is 2.23. The van der Waals surface area contributed by atoms with E-state index in [0.29, 0.717) is 54.9 Å². The van der Waals surface area contributed by atoms with Gasteiger partial charge in [-0.1, -0.05) is 6.07 Å². The molecule has 0 saturated carbocycles. The smallest absolute Gasteiger partial charge is 0.328 e. The number of pyridine rings is 2. The third-order valence-corrected chi connectivity index (χ3v) is 4.35. The molecule has 10 heteroatoms. The molecule has 2 N–H and O–H groups in total. The molecule has 10 nitrogen and oxygen atoms in total. The van der Waals surface area contributed by atoms with E-state index in [1.165, 1.54) is 11.1 Å². The molecular formula is C20H24N6O4. The molecule has 1 saturated heterocycles. The lowest BCUT2D eigenvalue weighted by Gasteiger charge is -2.24. The molecule has 158 valence electrons. The van der Waals surface area contributed by atoms with E-state index in [0.717, 1.165) is 6.42 Å². The van der Waals surface area contributed by atoms with Crippen molar-refractivity contribution >= 4 is 23.4 Å². The van der Waals surface area contributed by atoms with E-state index in [2.05, 4.69) is 26.7 Å². The molecule has 0 aromatic carbocycles. The van der Waals surface area contributed by atoms with E-state index < -0.39 is 12.3 Å². The first kappa shape index (κ1) is 21.4. The van der Waals surface area contributed by atoms with Crippen molar-refractivity contribution in [2.75, 3.05) is 56.1 Å². The number of methoxy groups -OCH3 is 1. The summed E-state index contributed by atoms with van der Waals surface area (Å²) in [6.45, 7) is 2.22. The molecule has 0 bridgehead atoms. The second-order valence-corrected chi connectivity index (χ2v) is 6.48. The predicted octanol–water partition coefficient (Wildman–Crippen LogP) is 2.51. The van der Waals surface area contributed by atoms with Crippen LogP contribution in [0.3, 0.4) is 0 Å². The normalized spacial score (nSPS) is 14.0. The number of aromatic nitrogens is 2. The molecule has 2 aromatic heterocycles. The van der Waals surface area contributed by atoms with Gasteiger partial charge in [0.15, 0.2) is 0 Å². The summed E-state index contributed by atoms with van der Waals surface area (Å²) >= 11 is 0. The lowest BCUT2D eigenvalue weighted by molar-refractivity contribution is -0.185. The molecule has 0 unspecified atom stereocenters. The molecule has 30 heavy (non-hydrogen) atoms. The number of nitriles is 1. The van der Waals surface area contributed by atoms with Gasteiger partial charge in [-0.05, 0) is 18.6 Å². The highest BCUT2D eigenvalue weighted by molar-refractivity contribution is 6.00. The maximum Gasteiger partial charge on any atom is 0.328 e. The molecule has 2 aromatic rings. The molecule has 1 aliphatic rings. The van der Waals surface area contributed by atoms with Crippen LogP contribution in [0.1, 0.15) is 24.0 Å². The van der Waals surface area contributed by atoms with Gasteiger partial charge >= 0.3 is 6.03 Å². The summed E-state index contributed by atoms with van der Waals surface area (Å²) in [5.41, 5.74) is 1.54. The zero-order valence-electron chi connectivity index (χ0n) is 16.9. The Morgan fingerprint density at radius 3 is 2.93 bits per heavy atom. The minimum Gasteiger partial charge on any atom is -0.383 e. The molecule has 0 radical (unpaired) electrons. The first-order chi connectivity index (χ1) is 14.6. The van der Waals surface area contributed by atoms with Crippen LogP contribution in [-0.2, 0) is 14.2 Å². The van der Waals surface area contributed by atoms with Crippen LogP contribution in [0, 0.1) is 11.3 Å². The van der Waals surface area contributed by atoms with Crippen LogP contribution >= 0.6 is 0 Å². The van der Waals surface area contributed by atoms with Gasteiger partial charge < -0.3 is 19.5 Å². The Hall–Kier alpha value is -3.26. The zero-order valence-corrected chi connectivity index (χ0v) is 16.9. The zero-order chi connectivity index (χ0) is 21.3. The fourth-order valence-corrected chi connectivity index (χ4v) is 2.76. The van der Waals surface area contributed by atoms with Crippen LogP contribution in [0.5, 0.6) is 0 Å². The number of carbonyl (C=O) groups excluding carboxylic acids is 1. The molecule has 0 atom stereocenters. The number of hydrogen-bond donors (Lipinski definition) is 2. The second kappa shape index (κ2) is 10.5. The van der Waals surface area contributed by atoms with E-state index in [1.807, 2.05) is 0 Å². The first-order valence-corrected chi connectivity index (χ1v) is 9.50. The van der Waals surface area contributed by atoms with Gasteiger partial charge in [-0.2, -0.15) is 5.26 Å². The standard InChI is InChI=1S/C20H24N6O4/c1-26(18-6-3-5-15(24-18)19-29-8-4-9-30-19)20(27)25-17-11-16(22-7-10-28-2)14(12-21)13-23-17/h3,5-6,11,13,19H,4,7-10H2,1-2H3,(H2,22,23,25,27). The van der Waals surface area contributed by atoms with Crippen molar-refractivity contribution in [2.45, 2.75) is 12.7 Å². The summed E-state index contributed by atoms with van der Waals surface area (Å²) < 4.78 is 16.2. The highest BCUT2D eigenvalue weighted by Gasteiger charge is 2.20. The maximum atomic E-state index is 12.7. The number of rotatable bonds is 7. The lowest BCUT2D eigenvalue weighted by Crippen LogP contribution is -2.32. The summed E-state index contributed by atoms with van der Waals surface area (Å²) in [7, 11) is 3.20. The van der Waals surface area contributed by atoms with Crippen molar-refractivity contribution in [1.82, 2.24) is 9.97 Å². The molecular weight excluding hydrogens is 388 g/mol. The summed E-state index contributed by atoms with van der Waals surface area (Å²) in [6, 6.07) is 8.55. The maximum absolute atomic E-state index is 12.7. The van der Waals surface area contributed by atoms with Crippen LogP contribution < -0.4 is 15.5 Å². The fraction of sp³-hybridized carbons (Fsp3) is 0.400. The summed E-state index contributed by atoms with van der Waals surface area (Å²) in [4.78, 5) is 22.7. The van der Waals surface area contributed by atoms with Crippen LogP contribution in [0.2, 0.25) is 0 Å². The van der Waals surface area contributed by atoms with Gasteiger partial charge in [-0.3, -0.25) is 10.2 Å². The van der Waals surface area contributed by atoms with E-state index >= 15 is 0 Å². The van der Waals surface area contributed by atoms with Crippen LogP contribution in [-0.4, -0.2) is 56.5 Å². The van der Waals surface area contributed by atoms with Crippen molar-refractivity contribution < 1.29 is 19.0 Å². The second-order valence-electron chi connectivity index (χ2n) is 6.48. The molecule has 1 fully saturated rings. The third-order valence-electron chi connectivity index (χ3n) is 4.35. The Balaban J connectivity index is 1.69. The summed E-state index contributed by atoms with van der Waals surface area (Å²) in [5, 5.41) is 15.0. The van der Waals surface area contributed by atoms with Gasteiger partial charge in [0.1, 0.15) is 17.7 Å². The number of nitrogens with zero attached hydrogens (tertiary/aromatic N) is 4. The molecule has 2 amide bonds. The Morgan fingerprint density at radius 2 is 2.20 bits per heavy atom. The van der Waals surface area contributed by atoms with Gasteiger partial charge in [0.2, 0.25) is 6.29 Å². The van der Waals surface area contributed by atoms with Gasteiger partial charge in [0, 0.05) is 33.0 Å². The van der Waals surface area contributed by atoms with Crippen molar-refractivity contribution in [3.05, 3.63) is 41.7 Å². The number of hydrogen-bond acceptors (Lipinski definition) is 8. The Labute approximate surface area is 174 Å². The van der Waals surface area contributed by atoms with E-state index in [1.54, 1.807) is 38.4 Å². The molecule has 0 spiro atoms. The largest absolute Gasteiger partial charge is 0.383 e. The Kier molecular flexibility index (Phi) is 7.51. The predicted molar refractivity (Wildman–Crippen MR) is 110 cm³/mol. The number of ether oxygens (including phenoxy) is 3. The van der Waals surface area contributed by atoms with E-state index in [-0.39, 0.29) is 0 Å². The molecule has 1 aliphatic heterocycles. The first-order valence-electron chi connectivity index (χ1n) is 9.50. The van der Waals surface area contributed by atoms with Crippen LogP contribution in [0.4, 0.5) is 22.1 Å². The van der Waals surface area contributed by atoms with Gasteiger partial charge in [0.25, 0.3) is 0 Å². The Bertz CT molecular complexity index is 910. The minimum absolute atomic E-state index is 0.306. The number of amides is 2. The van der Waals surface area contributed by atoms with Gasteiger partial charge in [-0.15, -0.1) is 0 Å². The quantitative estimate of drug-likeness (QED) is 0.665. The summed E-state index contributed by atoms with van der Waals surface area (Å²) in [5.74, 6) is 0.746. The highest BCUT2D eigenvalue weighted by atomic mass is 16.7. The van der Waals surface area contributed by atoms with Crippen LogP contribution in [0.15, 0.2) is 30.5 Å². The minimum atomic E-state index is -0.531. The lowest BCUT2D eigenvalue weighted by atomic mass is 10.2. The monoisotopic (exact) mass is 412 g/mol. The Morgan fingerprint density at radius 1 is 1.40 bits per heavy atom.